The van der Waals surface area contributed by atoms with Crippen molar-refractivity contribution >= 4 is 5.91 Å². The van der Waals surface area contributed by atoms with Crippen molar-refractivity contribution in [3.8, 4) is 6.07 Å². The number of likely N-dealkylation sites (N-methyl/N-ethyl adjacent to an activating group) is 1. The van der Waals surface area contributed by atoms with E-state index in [1.54, 1.807) is 11.0 Å². The van der Waals surface area contributed by atoms with E-state index in [0.29, 0.717) is 36.6 Å². The SMILES string of the molecule is CN(C[C@@H](CCN1CC(N2CCC(F)CC2)C1)c1ccc(F)cc1)C(=O)c1cc(C#N)cc2c1CCCC2. The number of likely N-dealkylation sites (tertiary alicyclic amines) is 2. The lowest BCUT2D eigenvalue weighted by Crippen LogP contribution is -2.61. The summed E-state index contributed by atoms with van der Waals surface area (Å²) in [5.74, 6) is -0.243. The molecule has 2 heterocycles. The highest BCUT2D eigenvalue weighted by Crippen LogP contribution is 2.29. The zero-order chi connectivity index (χ0) is 26.6. The first-order chi connectivity index (χ1) is 18.4. The normalized spacial score (nSPS) is 19.8. The van der Waals surface area contributed by atoms with Crippen molar-refractivity contribution in [1.82, 2.24) is 14.7 Å². The molecule has 0 N–H and O–H groups in total. The molecule has 3 aliphatic rings. The van der Waals surface area contributed by atoms with Crippen LogP contribution in [0.4, 0.5) is 8.78 Å². The molecule has 7 heteroatoms. The topological polar surface area (TPSA) is 50.6 Å². The largest absolute Gasteiger partial charge is 0.341 e. The lowest BCUT2D eigenvalue weighted by Gasteiger charge is -2.47. The van der Waals surface area contributed by atoms with Gasteiger partial charge in [0.05, 0.1) is 11.6 Å². The number of nitriles is 1. The molecule has 1 atom stereocenters. The molecule has 0 spiro atoms. The van der Waals surface area contributed by atoms with E-state index in [-0.39, 0.29) is 17.6 Å². The summed E-state index contributed by atoms with van der Waals surface area (Å²) in [5.41, 5.74) is 4.45. The van der Waals surface area contributed by atoms with Crippen molar-refractivity contribution in [2.45, 2.75) is 63.1 Å². The molecule has 2 aromatic rings. The van der Waals surface area contributed by atoms with Gasteiger partial charge in [0.2, 0.25) is 0 Å². The van der Waals surface area contributed by atoms with Gasteiger partial charge in [-0.15, -0.1) is 0 Å². The smallest absolute Gasteiger partial charge is 0.253 e. The van der Waals surface area contributed by atoms with Crippen molar-refractivity contribution in [3.63, 3.8) is 0 Å². The molecule has 38 heavy (non-hydrogen) atoms. The van der Waals surface area contributed by atoms with Crippen molar-refractivity contribution in [3.05, 3.63) is 70.0 Å². The van der Waals surface area contributed by atoms with Crippen molar-refractivity contribution in [2.75, 3.05) is 46.3 Å². The molecule has 2 aromatic carbocycles. The van der Waals surface area contributed by atoms with Gasteiger partial charge in [0.15, 0.2) is 0 Å². The van der Waals surface area contributed by atoms with E-state index in [9.17, 15) is 18.8 Å². The first-order valence-electron chi connectivity index (χ1n) is 14.1. The van der Waals surface area contributed by atoms with Crippen LogP contribution in [0.15, 0.2) is 36.4 Å². The maximum atomic E-state index is 13.7. The third-order valence-electron chi connectivity index (χ3n) is 8.71. The molecular formula is C31H38F2N4O. The number of carbonyl (C=O) groups excluding carboxylic acids is 1. The number of alkyl halides is 1. The number of hydrogen-bond donors (Lipinski definition) is 0. The highest BCUT2D eigenvalue weighted by atomic mass is 19.1. The van der Waals surface area contributed by atoms with Crippen LogP contribution in [0.3, 0.4) is 0 Å². The number of rotatable bonds is 8. The Hall–Kier alpha value is -2.82. The molecule has 2 aliphatic heterocycles. The van der Waals surface area contributed by atoms with E-state index in [4.69, 9.17) is 0 Å². The Kier molecular flexibility index (Phi) is 8.40. The van der Waals surface area contributed by atoms with E-state index in [1.165, 1.54) is 12.1 Å². The number of aryl methyl sites for hydroxylation is 1. The van der Waals surface area contributed by atoms with Crippen LogP contribution in [0, 0.1) is 17.1 Å². The van der Waals surface area contributed by atoms with Gasteiger partial charge in [0.1, 0.15) is 12.0 Å². The van der Waals surface area contributed by atoms with Crippen LogP contribution in [0.25, 0.3) is 0 Å². The van der Waals surface area contributed by atoms with E-state index >= 15 is 0 Å². The fraction of sp³-hybridized carbons (Fsp3) is 0.548. The molecule has 5 nitrogen and oxygen atoms in total. The molecule has 0 bridgehead atoms. The molecule has 2 saturated heterocycles. The summed E-state index contributed by atoms with van der Waals surface area (Å²) in [5, 5.41) is 9.53. The van der Waals surface area contributed by atoms with Gasteiger partial charge in [-0.2, -0.15) is 5.26 Å². The number of nitrogens with zero attached hydrogens (tertiary/aromatic N) is 4. The molecule has 5 rings (SSSR count). The fourth-order valence-corrected chi connectivity index (χ4v) is 6.37. The first-order valence-corrected chi connectivity index (χ1v) is 14.1. The lowest BCUT2D eigenvalue weighted by molar-refractivity contribution is 0.00869. The van der Waals surface area contributed by atoms with Crippen LogP contribution in [0.2, 0.25) is 0 Å². The molecule has 1 amide bonds. The van der Waals surface area contributed by atoms with Gasteiger partial charge in [-0.25, -0.2) is 8.78 Å². The number of amides is 1. The first kappa shape index (κ1) is 26.8. The summed E-state index contributed by atoms with van der Waals surface area (Å²) < 4.78 is 27.2. The molecule has 0 saturated carbocycles. The number of fused-ring (bicyclic) bond motifs is 1. The Morgan fingerprint density at radius 2 is 1.84 bits per heavy atom. The van der Waals surface area contributed by atoms with Crippen LogP contribution in [-0.4, -0.2) is 79.1 Å². The van der Waals surface area contributed by atoms with Gasteiger partial charge in [0, 0.05) is 57.3 Å². The van der Waals surface area contributed by atoms with E-state index in [0.717, 1.165) is 81.5 Å². The van der Waals surface area contributed by atoms with Gasteiger partial charge in [-0.3, -0.25) is 9.69 Å². The zero-order valence-electron chi connectivity index (χ0n) is 22.3. The van der Waals surface area contributed by atoms with E-state index < -0.39 is 6.17 Å². The summed E-state index contributed by atoms with van der Waals surface area (Å²) in [4.78, 5) is 20.3. The predicted molar refractivity (Wildman–Crippen MR) is 144 cm³/mol. The van der Waals surface area contributed by atoms with Crippen molar-refractivity contribution < 1.29 is 13.6 Å². The number of piperidine rings is 1. The Labute approximate surface area is 225 Å². The molecule has 0 unspecified atom stereocenters. The maximum absolute atomic E-state index is 13.7. The number of halogens is 2. The van der Waals surface area contributed by atoms with Crippen LogP contribution >= 0.6 is 0 Å². The van der Waals surface area contributed by atoms with Gasteiger partial charge in [0.25, 0.3) is 5.91 Å². The molecular weight excluding hydrogens is 482 g/mol. The average molecular weight is 521 g/mol. The van der Waals surface area contributed by atoms with Crippen LogP contribution < -0.4 is 0 Å². The minimum atomic E-state index is -0.647. The van der Waals surface area contributed by atoms with Crippen molar-refractivity contribution in [2.24, 2.45) is 0 Å². The van der Waals surface area contributed by atoms with Crippen molar-refractivity contribution in [1.29, 1.82) is 5.26 Å². The second-order valence-corrected chi connectivity index (χ2v) is 11.3. The Morgan fingerprint density at radius 3 is 2.55 bits per heavy atom. The molecule has 0 radical (unpaired) electrons. The predicted octanol–water partition coefficient (Wildman–Crippen LogP) is 4.94. The second-order valence-electron chi connectivity index (χ2n) is 11.3. The van der Waals surface area contributed by atoms with Gasteiger partial charge < -0.3 is 9.80 Å². The number of carbonyl (C=O) groups is 1. The fourth-order valence-electron chi connectivity index (χ4n) is 6.37. The monoisotopic (exact) mass is 520 g/mol. The summed E-state index contributed by atoms with van der Waals surface area (Å²) in [6.07, 6.45) is 5.43. The highest BCUT2D eigenvalue weighted by molar-refractivity contribution is 5.96. The second kappa shape index (κ2) is 11.9. The number of hydrogen-bond acceptors (Lipinski definition) is 4. The van der Waals surface area contributed by atoms with Gasteiger partial charge in [-0.1, -0.05) is 12.1 Å². The standard InChI is InChI=1S/C31H38F2N4O/c1-35(31(38)30-17-22(18-34)16-24-4-2-3-5-29(24)30)19-25(23-6-8-26(32)9-7-23)10-13-36-20-28(21-36)37-14-11-27(33)12-15-37/h6-9,16-17,25,27-28H,2-5,10-15,19-21H2,1H3/t25-/m1/s1. The summed E-state index contributed by atoms with van der Waals surface area (Å²) in [6.45, 7) is 5.11. The maximum Gasteiger partial charge on any atom is 0.253 e. The summed E-state index contributed by atoms with van der Waals surface area (Å²) in [6, 6.07) is 13.1. The molecule has 1 aliphatic carbocycles. The number of benzene rings is 2. The summed E-state index contributed by atoms with van der Waals surface area (Å²) in [7, 11) is 1.83. The zero-order valence-corrected chi connectivity index (χ0v) is 22.3. The third kappa shape index (κ3) is 6.08. The van der Waals surface area contributed by atoms with Crippen LogP contribution in [0.5, 0.6) is 0 Å². The van der Waals surface area contributed by atoms with Gasteiger partial charge in [-0.05, 0) is 92.4 Å². The minimum absolute atomic E-state index is 0.0485. The quantitative estimate of drug-likeness (QED) is 0.495. The molecule has 202 valence electrons. The Balaban J connectivity index is 1.25. The van der Waals surface area contributed by atoms with Gasteiger partial charge >= 0.3 is 0 Å². The average Bonchev–Trinajstić information content (AvgIpc) is 2.91. The third-order valence-corrected chi connectivity index (χ3v) is 8.71. The Morgan fingerprint density at radius 1 is 1.13 bits per heavy atom. The minimum Gasteiger partial charge on any atom is -0.341 e. The van der Waals surface area contributed by atoms with E-state index in [2.05, 4.69) is 15.9 Å². The lowest BCUT2D eigenvalue weighted by atomic mass is 9.86. The summed E-state index contributed by atoms with van der Waals surface area (Å²) >= 11 is 0. The Bertz CT molecular complexity index is 1160. The van der Waals surface area contributed by atoms with Crippen LogP contribution in [0.1, 0.15) is 70.6 Å². The van der Waals surface area contributed by atoms with E-state index in [1.807, 2.05) is 25.2 Å². The van der Waals surface area contributed by atoms with Crippen LogP contribution in [-0.2, 0) is 12.8 Å². The molecule has 0 aromatic heterocycles. The highest BCUT2D eigenvalue weighted by Gasteiger charge is 2.34. The molecule has 2 fully saturated rings.